The van der Waals surface area contributed by atoms with E-state index in [0.717, 1.165) is 28.8 Å². The number of aryl methyl sites for hydroxylation is 1. The van der Waals surface area contributed by atoms with E-state index < -0.39 is 10.0 Å². The molecule has 0 bridgehead atoms. The van der Waals surface area contributed by atoms with Gasteiger partial charge in [0, 0.05) is 17.5 Å². The van der Waals surface area contributed by atoms with Crippen LogP contribution in [0.25, 0.3) is 0 Å². The standard InChI is InChI=1S/C25H27FN2O4S2/c1-18-13-14-33-24(18)16-27(15-19-3-5-20(26)6-4-19)25(29)17-28(21-7-8-21)34(30,31)23-11-9-22(32-2)10-12-23/h3-6,9-14,21H,7-8,15-17H2,1-2H3. The third-order valence-electron chi connectivity index (χ3n) is 5.85. The molecule has 4 rings (SSSR count). The van der Waals surface area contributed by atoms with Crippen LogP contribution in [0, 0.1) is 12.7 Å². The van der Waals surface area contributed by atoms with Crippen molar-refractivity contribution in [3.8, 4) is 5.75 Å². The molecule has 34 heavy (non-hydrogen) atoms. The number of ether oxygens (including phenoxy) is 1. The molecule has 3 aromatic rings. The monoisotopic (exact) mass is 502 g/mol. The molecule has 2 aromatic carbocycles. The zero-order valence-corrected chi connectivity index (χ0v) is 20.7. The van der Waals surface area contributed by atoms with E-state index in [0.29, 0.717) is 12.3 Å². The molecular weight excluding hydrogens is 475 g/mol. The van der Waals surface area contributed by atoms with Crippen LogP contribution in [0.2, 0.25) is 0 Å². The molecule has 1 heterocycles. The first kappa shape index (κ1) is 24.4. The van der Waals surface area contributed by atoms with Crippen LogP contribution >= 0.6 is 11.3 Å². The molecule has 0 N–H and O–H groups in total. The number of sulfonamides is 1. The lowest BCUT2D eigenvalue weighted by Gasteiger charge is -2.27. The molecule has 1 fully saturated rings. The van der Waals surface area contributed by atoms with Gasteiger partial charge in [0.2, 0.25) is 15.9 Å². The second-order valence-corrected chi connectivity index (χ2v) is 11.3. The van der Waals surface area contributed by atoms with Gasteiger partial charge >= 0.3 is 0 Å². The van der Waals surface area contributed by atoms with E-state index >= 15 is 0 Å². The van der Waals surface area contributed by atoms with Gasteiger partial charge in [-0.1, -0.05) is 12.1 Å². The summed E-state index contributed by atoms with van der Waals surface area (Å²) in [5.74, 6) is -0.0767. The highest BCUT2D eigenvalue weighted by Gasteiger charge is 2.40. The topological polar surface area (TPSA) is 66.9 Å². The zero-order valence-electron chi connectivity index (χ0n) is 19.1. The van der Waals surface area contributed by atoms with Crippen molar-refractivity contribution in [3.63, 3.8) is 0 Å². The molecule has 1 aliphatic carbocycles. The largest absolute Gasteiger partial charge is 0.497 e. The van der Waals surface area contributed by atoms with E-state index in [1.165, 1.54) is 35.7 Å². The fraction of sp³-hybridized carbons (Fsp3) is 0.320. The number of methoxy groups -OCH3 is 1. The summed E-state index contributed by atoms with van der Waals surface area (Å²) in [6.07, 6.45) is 1.45. The molecule has 9 heteroatoms. The molecule has 0 aliphatic heterocycles. The van der Waals surface area contributed by atoms with Crippen molar-refractivity contribution < 1.29 is 22.3 Å². The van der Waals surface area contributed by atoms with Crippen LogP contribution in [0.4, 0.5) is 4.39 Å². The Hall–Kier alpha value is -2.75. The molecule has 0 radical (unpaired) electrons. The van der Waals surface area contributed by atoms with E-state index in [4.69, 9.17) is 4.74 Å². The number of nitrogens with zero attached hydrogens (tertiary/aromatic N) is 2. The molecule has 1 amide bonds. The van der Waals surface area contributed by atoms with Gasteiger partial charge in [0.05, 0.1) is 25.1 Å². The summed E-state index contributed by atoms with van der Waals surface area (Å²) in [6.45, 7) is 2.36. The Morgan fingerprint density at radius 2 is 1.74 bits per heavy atom. The number of hydrogen-bond donors (Lipinski definition) is 0. The van der Waals surface area contributed by atoms with E-state index in [2.05, 4.69) is 0 Å². The van der Waals surface area contributed by atoms with Crippen molar-refractivity contribution in [2.45, 2.75) is 43.8 Å². The SMILES string of the molecule is COc1ccc(S(=O)(=O)N(CC(=O)N(Cc2ccc(F)cc2)Cc2sccc2C)C2CC2)cc1. The summed E-state index contributed by atoms with van der Waals surface area (Å²) < 4.78 is 46.7. The lowest BCUT2D eigenvalue weighted by atomic mass is 10.2. The fourth-order valence-corrected chi connectivity index (χ4v) is 6.23. The van der Waals surface area contributed by atoms with Gasteiger partial charge in [-0.2, -0.15) is 4.31 Å². The second-order valence-electron chi connectivity index (χ2n) is 8.36. The maximum Gasteiger partial charge on any atom is 0.243 e. The van der Waals surface area contributed by atoms with Crippen LogP contribution < -0.4 is 4.74 Å². The van der Waals surface area contributed by atoms with Crippen molar-refractivity contribution in [1.82, 2.24) is 9.21 Å². The number of thiophene rings is 1. The van der Waals surface area contributed by atoms with Crippen LogP contribution in [0.15, 0.2) is 64.9 Å². The van der Waals surface area contributed by atoms with E-state index in [1.807, 2.05) is 18.4 Å². The maximum absolute atomic E-state index is 13.5. The minimum absolute atomic E-state index is 0.132. The van der Waals surface area contributed by atoms with Crippen molar-refractivity contribution in [2.24, 2.45) is 0 Å². The van der Waals surface area contributed by atoms with Gasteiger partial charge in [-0.3, -0.25) is 4.79 Å². The zero-order chi connectivity index (χ0) is 24.3. The summed E-state index contributed by atoms with van der Waals surface area (Å²) in [5.41, 5.74) is 1.85. The smallest absolute Gasteiger partial charge is 0.243 e. The Morgan fingerprint density at radius 3 is 2.29 bits per heavy atom. The lowest BCUT2D eigenvalue weighted by molar-refractivity contribution is -0.132. The Labute approximate surface area is 203 Å². The Kier molecular flexibility index (Phi) is 7.35. The van der Waals surface area contributed by atoms with Gasteiger partial charge in [-0.15, -0.1) is 11.3 Å². The highest BCUT2D eigenvalue weighted by Crippen LogP contribution is 2.33. The Balaban J connectivity index is 1.58. The van der Waals surface area contributed by atoms with Gasteiger partial charge in [0.1, 0.15) is 11.6 Å². The summed E-state index contributed by atoms with van der Waals surface area (Å²) in [5, 5.41) is 1.97. The molecule has 0 saturated heterocycles. The quantitative estimate of drug-likeness (QED) is 0.407. The third kappa shape index (κ3) is 5.65. The number of benzene rings is 2. The number of amides is 1. The summed E-state index contributed by atoms with van der Waals surface area (Å²) in [4.78, 5) is 16.3. The molecule has 1 saturated carbocycles. The van der Waals surface area contributed by atoms with Gasteiger partial charge < -0.3 is 9.64 Å². The molecule has 0 atom stereocenters. The van der Waals surface area contributed by atoms with Crippen molar-refractivity contribution in [2.75, 3.05) is 13.7 Å². The second kappa shape index (κ2) is 10.2. The van der Waals surface area contributed by atoms with Gasteiger partial charge in [0.15, 0.2) is 0 Å². The molecule has 0 unspecified atom stereocenters. The Bertz CT molecular complexity index is 1240. The van der Waals surface area contributed by atoms with Crippen LogP contribution in [0.3, 0.4) is 0 Å². The summed E-state index contributed by atoms with van der Waals surface area (Å²) in [6, 6.07) is 14.0. The molecule has 180 valence electrons. The minimum Gasteiger partial charge on any atom is -0.497 e. The lowest BCUT2D eigenvalue weighted by Crippen LogP contribution is -2.43. The predicted molar refractivity (Wildman–Crippen MR) is 130 cm³/mol. The first-order valence-electron chi connectivity index (χ1n) is 11.0. The van der Waals surface area contributed by atoms with Crippen molar-refractivity contribution in [3.05, 3.63) is 81.8 Å². The maximum atomic E-state index is 13.5. The van der Waals surface area contributed by atoms with Gasteiger partial charge in [-0.25, -0.2) is 12.8 Å². The highest BCUT2D eigenvalue weighted by molar-refractivity contribution is 7.89. The molecule has 1 aromatic heterocycles. The van der Waals surface area contributed by atoms with E-state index in [-0.39, 0.29) is 35.8 Å². The van der Waals surface area contributed by atoms with E-state index in [9.17, 15) is 17.6 Å². The molecular formula is C25H27FN2O4S2. The van der Waals surface area contributed by atoms with Crippen LogP contribution in [0.1, 0.15) is 28.8 Å². The van der Waals surface area contributed by atoms with Crippen molar-refractivity contribution in [1.29, 1.82) is 0 Å². The molecule has 0 spiro atoms. The minimum atomic E-state index is -3.86. The predicted octanol–water partition coefficient (Wildman–Crippen LogP) is 4.59. The van der Waals surface area contributed by atoms with Gasteiger partial charge in [-0.05, 0) is 78.7 Å². The first-order chi connectivity index (χ1) is 16.3. The fourth-order valence-electron chi connectivity index (χ4n) is 3.67. The van der Waals surface area contributed by atoms with Crippen LogP contribution in [-0.4, -0.2) is 43.2 Å². The van der Waals surface area contributed by atoms with Gasteiger partial charge in [0.25, 0.3) is 0 Å². The number of halogens is 1. The summed E-state index contributed by atoms with van der Waals surface area (Å²) in [7, 11) is -2.34. The van der Waals surface area contributed by atoms with Crippen LogP contribution in [-0.2, 0) is 27.9 Å². The normalized spacial score (nSPS) is 13.8. The average Bonchev–Trinajstić information content (AvgIpc) is 3.59. The first-order valence-corrected chi connectivity index (χ1v) is 13.3. The number of rotatable bonds is 10. The number of carbonyl (C=O) groups is 1. The Morgan fingerprint density at radius 1 is 1.06 bits per heavy atom. The van der Waals surface area contributed by atoms with E-state index in [1.54, 1.807) is 40.5 Å². The highest BCUT2D eigenvalue weighted by atomic mass is 32.2. The number of hydrogen-bond acceptors (Lipinski definition) is 5. The molecule has 1 aliphatic rings. The van der Waals surface area contributed by atoms with Crippen LogP contribution in [0.5, 0.6) is 5.75 Å². The summed E-state index contributed by atoms with van der Waals surface area (Å²) >= 11 is 1.55. The molecule has 6 nitrogen and oxygen atoms in total. The van der Waals surface area contributed by atoms with Crippen molar-refractivity contribution >= 4 is 27.3 Å². The number of carbonyl (C=O) groups excluding carboxylic acids is 1. The average molecular weight is 503 g/mol. The third-order valence-corrected chi connectivity index (χ3v) is 8.77.